The van der Waals surface area contributed by atoms with Gasteiger partial charge in [-0.25, -0.2) is 0 Å². The molecule has 1 atom stereocenters. The fourth-order valence-electron chi connectivity index (χ4n) is 2.32. The number of nitrogens with zero attached hydrogens (tertiary/aromatic N) is 1. The topological polar surface area (TPSA) is 29.5 Å². The maximum absolute atomic E-state index is 11.4. The zero-order valence-corrected chi connectivity index (χ0v) is 11.7. The number of halogens is 1. The molecular weight excluding hydrogens is 282 g/mol. The third-order valence-electron chi connectivity index (χ3n) is 3.29. The van der Waals surface area contributed by atoms with Crippen molar-refractivity contribution in [2.75, 3.05) is 25.6 Å². The monoisotopic (exact) mass is 297 g/mol. The Morgan fingerprint density at radius 2 is 2.35 bits per heavy atom. The van der Waals surface area contributed by atoms with Crippen molar-refractivity contribution < 1.29 is 9.53 Å². The summed E-state index contributed by atoms with van der Waals surface area (Å²) in [6.07, 6.45) is 1.46. The Bertz CT molecular complexity index is 433. The van der Waals surface area contributed by atoms with Gasteiger partial charge in [0.1, 0.15) is 0 Å². The Balaban J connectivity index is 2.30. The van der Waals surface area contributed by atoms with E-state index < -0.39 is 0 Å². The Hall–Kier alpha value is -1.03. The number of anilines is 1. The van der Waals surface area contributed by atoms with Gasteiger partial charge in [-0.1, -0.05) is 15.9 Å². The van der Waals surface area contributed by atoms with E-state index in [4.69, 9.17) is 4.74 Å². The summed E-state index contributed by atoms with van der Waals surface area (Å²) >= 11 is 3.49. The average molecular weight is 298 g/mol. The summed E-state index contributed by atoms with van der Waals surface area (Å²) in [5.74, 6) is 0.136. The molecule has 1 aliphatic heterocycles. The largest absolute Gasteiger partial charge is 0.469 e. The molecule has 1 unspecified atom stereocenters. The molecule has 3 nitrogen and oxygen atoms in total. The first-order chi connectivity index (χ1) is 8.11. The van der Waals surface area contributed by atoms with Gasteiger partial charge in [-0.3, -0.25) is 4.79 Å². The van der Waals surface area contributed by atoms with E-state index >= 15 is 0 Å². The molecule has 1 heterocycles. The van der Waals surface area contributed by atoms with Crippen molar-refractivity contribution in [2.24, 2.45) is 0 Å². The van der Waals surface area contributed by atoms with E-state index in [1.807, 2.05) is 6.07 Å². The molecule has 1 aromatic carbocycles. The summed E-state index contributed by atoms with van der Waals surface area (Å²) in [6.45, 7) is 0.982. The second-order valence-electron chi connectivity index (χ2n) is 4.39. The lowest BCUT2D eigenvalue weighted by Crippen LogP contribution is -2.28. The van der Waals surface area contributed by atoms with Gasteiger partial charge in [-0.15, -0.1) is 0 Å². The summed E-state index contributed by atoms with van der Waals surface area (Å²) in [4.78, 5) is 13.6. The molecule has 0 amide bonds. The number of hydrogen-bond donors (Lipinski definition) is 0. The van der Waals surface area contributed by atoms with Crippen molar-refractivity contribution in [1.29, 1.82) is 0 Å². The molecule has 1 aromatic rings. The predicted molar refractivity (Wildman–Crippen MR) is 71.4 cm³/mol. The summed E-state index contributed by atoms with van der Waals surface area (Å²) in [6, 6.07) is 6.25. The van der Waals surface area contributed by atoms with Gasteiger partial charge in [0.15, 0.2) is 0 Å². The standard InChI is InChI=1S/C13H16BrNO2/c1-15-6-5-9(7-13(16)17-2)11-8-10(14)3-4-12(11)15/h3-4,8-9H,5-7H2,1-2H3. The molecular formula is C13H16BrNO2. The minimum absolute atomic E-state index is 0.134. The van der Waals surface area contributed by atoms with Crippen LogP contribution in [0, 0.1) is 0 Å². The average Bonchev–Trinajstić information content (AvgIpc) is 2.32. The molecule has 0 spiro atoms. The molecule has 92 valence electrons. The van der Waals surface area contributed by atoms with Crippen LogP contribution in [0.3, 0.4) is 0 Å². The van der Waals surface area contributed by atoms with Crippen LogP contribution in [0.2, 0.25) is 0 Å². The van der Waals surface area contributed by atoms with Crippen molar-refractivity contribution in [3.8, 4) is 0 Å². The number of hydrogen-bond acceptors (Lipinski definition) is 3. The maximum Gasteiger partial charge on any atom is 0.306 e. The summed E-state index contributed by atoms with van der Waals surface area (Å²) in [5, 5.41) is 0. The first-order valence-corrected chi connectivity index (χ1v) is 6.48. The van der Waals surface area contributed by atoms with Crippen molar-refractivity contribution in [3.05, 3.63) is 28.2 Å². The van der Waals surface area contributed by atoms with Gasteiger partial charge in [-0.05, 0) is 36.1 Å². The Morgan fingerprint density at radius 3 is 3.06 bits per heavy atom. The number of rotatable bonds is 2. The molecule has 0 N–H and O–H groups in total. The van der Waals surface area contributed by atoms with Crippen molar-refractivity contribution >= 4 is 27.6 Å². The number of benzene rings is 1. The molecule has 0 saturated heterocycles. The van der Waals surface area contributed by atoms with Gasteiger partial charge in [0, 0.05) is 23.8 Å². The van der Waals surface area contributed by atoms with Crippen LogP contribution in [-0.2, 0) is 9.53 Å². The number of carbonyl (C=O) groups excluding carboxylic acids is 1. The molecule has 0 aromatic heterocycles. The third kappa shape index (κ3) is 2.63. The molecule has 0 saturated carbocycles. The first kappa shape index (κ1) is 12.4. The summed E-state index contributed by atoms with van der Waals surface area (Å²) in [7, 11) is 3.53. The second-order valence-corrected chi connectivity index (χ2v) is 5.31. The van der Waals surface area contributed by atoms with Crippen LogP contribution in [-0.4, -0.2) is 26.7 Å². The lowest BCUT2D eigenvalue weighted by atomic mass is 9.88. The van der Waals surface area contributed by atoms with Gasteiger partial charge in [0.05, 0.1) is 13.5 Å². The van der Waals surface area contributed by atoms with E-state index in [1.54, 1.807) is 0 Å². The normalized spacial score (nSPS) is 18.8. The number of ether oxygens (including phenoxy) is 1. The Kier molecular flexibility index (Phi) is 3.72. The molecule has 4 heteroatoms. The fraction of sp³-hybridized carbons (Fsp3) is 0.462. The van der Waals surface area contributed by atoms with Gasteiger partial charge < -0.3 is 9.64 Å². The number of fused-ring (bicyclic) bond motifs is 1. The highest BCUT2D eigenvalue weighted by atomic mass is 79.9. The van der Waals surface area contributed by atoms with Crippen LogP contribution in [0.4, 0.5) is 5.69 Å². The maximum atomic E-state index is 11.4. The predicted octanol–water partition coefficient (Wildman–Crippen LogP) is 2.94. The minimum Gasteiger partial charge on any atom is -0.469 e. The third-order valence-corrected chi connectivity index (χ3v) is 3.79. The number of methoxy groups -OCH3 is 1. The van der Waals surface area contributed by atoms with E-state index in [-0.39, 0.29) is 11.9 Å². The summed E-state index contributed by atoms with van der Waals surface area (Å²) < 4.78 is 5.82. The van der Waals surface area contributed by atoms with Crippen LogP contribution >= 0.6 is 15.9 Å². The smallest absolute Gasteiger partial charge is 0.306 e. The van der Waals surface area contributed by atoms with Crippen LogP contribution in [0.5, 0.6) is 0 Å². The number of carbonyl (C=O) groups is 1. The Labute approximate surface area is 110 Å². The van der Waals surface area contributed by atoms with Crippen LogP contribution in [0.1, 0.15) is 24.3 Å². The zero-order valence-electron chi connectivity index (χ0n) is 10.1. The van der Waals surface area contributed by atoms with Crippen molar-refractivity contribution in [3.63, 3.8) is 0 Å². The fourth-order valence-corrected chi connectivity index (χ4v) is 2.70. The van der Waals surface area contributed by atoms with Gasteiger partial charge in [0.25, 0.3) is 0 Å². The Morgan fingerprint density at radius 1 is 1.59 bits per heavy atom. The van der Waals surface area contributed by atoms with Crippen LogP contribution in [0.15, 0.2) is 22.7 Å². The van der Waals surface area contributed by atoms with Gasteiger partial charge in [0.2, 0.25) is 0 Å². The molecule has 2 rings (SSSR count). The molecule has 0 radical (unpaired) electrons. The molecule has 0 aliphatic carbocycles. The zero-order chi connectivity index (χ0) is 12.4. The SMILES string of the molecule is COC(=O)CC1CCN(C)c2ccc(Br)cc21. The number of esters is 1. The van der Waals surface area contributed by atoms with E-state index in [9.17, 15) is 4.79 Å². The van der Waals surface area contributed by atoms with E-state index in [1.165, 1.54) is 18.4 Å². The molecule has 1 aliphatic rings. The van der Waals surface area contributed by atoms with E-state index in [2.05, 4.69) is 40.0 Å². The minimum atomic E-state index is -0.134. The molecule has 17 heavy (non-hydrogen) atoms. The van der Waals surface area contributed by atoms with Crippen molar-refractivity contribution in [2.45, 2.75) is 18.8 Å². The quantitative estimate of drug-likeness (QED) is 0.786. The lowest BCUT2D eigenvalue weighted by molar-refractivity contribution is -0.141. The van der Waals surface area contributed by atoms with Crippen LogP contribution < -0.4 is 4.90 Å². The van der Waals surface area contributed by atoms with Gasteiger partial charge in [-0.2, -0.15) is 0 Å². The molecule has 0 fully saturated rings. The van der Waals surface area contributed by atoms with Gasteiger partial charge >= 0.3 is 5.97 Å². The van der Waals surface area contributed by atoms with Crippen molar-refractivity contribution in [1.82, 2.24) is 0 Å². The molecule has 0 bridgehead atoms. The van der Waals surface area contributed by atoms with Crippen LogP contribution in [0.25, 0.3) is 0 Å². The lowest BCUT2D eigenvalue weighted by Gasteiger charge is -2.33. The van der Waals surface area contributed by atoms with E-state index in [0.29, 0.717) is 6.42 Å². The highest BCUT2D eigenvalue weighted by Crippen LogP contribution is 2.38. The highest BCUT2D eigenvalue weighted by molar-refractivity contribution is 9.10. The highest BCUT2D eigenvalue weighted by Gasteiger charge is 2.25. The second kappa shape index (κ2) is 5.08. The van der Waals surface area contributed by atoms with E-state index in [0.717, 1.165) is 17.4 Å². The first-order valence-electron chi connectivity index (χ1n) is 5.69. The summed E-state index contributed by atoms with van der Waals surface area (Å²) in [5.41, 5.74) is 2.45.